The molecule has 16 heavy (non-hydrogen) atoms. The van der Waals surface area contributed by atoms with Gasteiger partial charge in [0.25, 0.3) is 0 Å². The van der Waals surface area contributed by atoms with E-state index in [9.17, 15) is 0 Å². The summed E-state index contributed by atoms with van der Waals surface area (Å²) in [5.41, 5.74) is 6.78. The molecule has 0 radical (unpaired) electrons. The van der Waals surface area contributed by atoms with Gasteiger partial charge in [-0.2, -0.15) is 0 Å². The second-order valence-electron chi connectivity index (χ2n) is 4.65. The van der Waals surface area contributed by atoms with Crippen molar-refractivity contribution in [2.75, 3.05) is 11.9 Å². The lowest BCUT2D eigenvalue weighted by atomic mass is 10.0. The van der Waals surface area contributed by atoms with Crippen LogP contribution in [-0.4, -0.2) is 12.1 Å². The van der Waals surface area contributed by atoms with Crippen LogP contribution in [0.25, 0.3) is 0 Å². The second-order valence-corrected chi connectivity index (χ2v) is 5.46. The first-order valence-corrected chi connectivity index (χ1v) is 6.12. The highest BCUT2D eigenvalue weighted by atomic mass is 35.5. The predicted molar refractivity (Wildman–Crippen MR) is 72.5 cm³/mol. The molecule has 1 aromatic carbocycles. The lowest BCUT2D eigenvalue weighted by Gasteiger charge is -2.18. The number of nitrogens with two attached hydrogens (primary N) is 1. The van der Waals surface area contributed by atoms with E-state index in [0.29, 0.717) is 10.0 Å². The van der Waals surface area contributed by atoms with E-state index in [0.717, 1.165) is 25.1 Å². The Labute approximate surface area is 107 Å². The quantitative estimate of drug-likeness (QED) is 0.788. The highest BCUT2D eigenvalue weighted by molar-refractivity contribution is 6.42. The smallest absolute Gasteiger partial charge is 0.0612 e. The molecule has 0 aromatic heterocycles. The van der Waals surface area contributed by atoms with E-state index in [2.05, 4.69) is 5.32 Å². The van der Waals surface area contributed by atoms with E-state index in [1.807, 2.05) is 26.0 Å². The second kappa shape index (κ2) is 5.76. The van der Waals surface area contributed by atoms with Crippen molar-refractivity contribution < 1.29 is 0 Å². The molecule has 0 spiro atoms. The SMILES string of the molecule is CC(C)(N)CCCNc1ccc(Cl)c(Cl)c1. The van der Waals surface area contributed by atoms with Crippen molar-refractivity contribution in [2.45, 2.75) is 32.2 Å². The standard InChI is InChI=1S/C12H18Cl2N2/c1-12(2,15)6-3-7-16-9-4-5-10(13)11(14)8-9/h4-5,8,16H,3,6-7,15H2,1-2H3. The number of halogens is 2. The molecule has 0 aliphatic heterocycles. The zero-order valence-electron chi connectivity index (χ0n) is 9.69. The van der Waals surface area contributed by atoms with E-state index < -0.39 is 0 Å². The first-order valence-electron chi connectivity index (χ1n) is 5.36. The van der Waals surface area contributed by atoms with E-state index >= 15 is 0 Å². The number of benzene rings is 1. The van der Waals surface area contributed by atoms with E-state index in [-0.39, 0.29) is 5.54 Å². The first-order chi connectivity index (χ1) is 7.38. The van der Waals surface area contributed by atoms with Crippen LogP contribution in [0.4, 0.5) is 5.69 Å². The third-order valence-corrected chi connectivity index (χ3v) is 2.99. The van der Waals surface area contributed by atoms with Crippen LogP contribution in [-0.2, 0) is 0 Å². The first kappa shape index (κ1) is 13.6. The van der Waals surface area contributed by atoms with Crippen LogP contribution in [0, 0.1) is 0 Å². The molecule has 0 amide bonds. The molecular weight excluding hydrogens is 243 g/mol. The maximum atomic E-state index is 5.91. The molecule has 0 saturated carbocycles. The molecule has 0 aliphatic carbocycles. The number of anilines is 1. The van der Waals surface area contributed by atoms with Crippen molar-refractivity contribution >= 4 is 28.9 Å². The largest absolute Gasteiger partial charge is 0.385 e. The van der Waals surface area contributed by atoms with Gasteiger partial charge in [0.05, 0.1) is 10.0 Å². The molecule has 0 saturated heterocycles. The summed E-state index contributed by atoms with van der Waals surface area (Å²) >= 11 is 11.7. The minimum absolute atomic E-state index is 0.0979. The Morgan fingerprint density at radius 3 is 2.50 bits per heavy atom. The topological polar surface area (TPSA) is 38.0 Å². The van der Waals surface area contributed by atoms with Gasteiger partial charge in [-0.15, -0.1) is 0 Å². The summed E-state index contributed by atoms with van der Waals surface area (Å²) in [6, 6.07) is 5.54. The van der Waals surface area contributed by atoms with Gasteiger partial charge in [0.2, 0.25) is 0 Å². The Morgan fingerprint density at radius 1 is 1.25 bits per heavy atom. The van der Waals surface area contributed by atoms with Crippen LogP contribution in [0.5, 0.6) is 0 Å². The Kier molecular flexibility index (Phi) is 4.90. The summed E-state index contributed by atoms with van der Waals surface area (Å²) in [5.74, 6) is 0. The summed E-state index contributed by atoms with van der Waals surface area (Å²) < 4.78 is 0. The number of nitrogens with one attached hydrogen (secondary N) is 1. The van der Waals surface area contributed by atoms with Crippen LogP contribution in [0.2, 0.25) is 10.0 Å². The van der Waals surface area contributed by atoms with Crippen LogP contribution in [0.15, 0.2) is 18.2 Å². The normalized spacial score (nSPS) is 11.6. The van der Waals surface area contributed by atoms with Crippen molar-refractivity contribution in [2.24, 2.45) is 5.73 Å². The van der Waals surface area contributed by atoms with Gasteiger partial charge < -0.3 is 11.1 Å². The van der Waals surface area contributed by atoms with Gasteiger partial charge in [-0.1, -0.05) is 23.2 Å². The van der Waals surface area contributed by atoms with Gasteiger partial charge >= 0.3 is 0 Å². The lowest BCUT2D eigenvalue weighted by Crippen LogP contribution is -2.32. The van der Waals surface area contributed by atoms with Crippen molar-refractivity contribution in [3.63, 3.8) is 0 Å². The Morgan fingerprint density at radius 2 is 1.94 bits per heavy atom. The van der Waals surface area contributed by atoms with Gasteiger partial charge in [0.15, 0.2) is 0 Å². The average molecular weight is 261 g/mol. The van der Waals surface area contributed by atoms with Gasteiger partial charge in [-0.25, -0.2) is 0 Å². The molecule has 0 fully saturated rings. The van der Waals surface area contributed by atoms with E-state index in [1.54, 1.807) is 6.07 Å². The van der Waals surface area contributed by atoms with Gasteiger partial charge in [-0.05, 0) is 44.9 Å². The molecule has 0 heterocycles. The maximum Gasteiger partial charge on any atom is 0.0612 e. The maximum absolute atomic E-state index is 5.91. The van der Waals surface area contributed by atoms with Crippen LogP contribution in [0.3, 0.4) is 0 Å². The average Bonchev–Trinajstić information content (AvgIpc) is 2.17. The highest BCUT2D eigenvalue weighted by Gasteiger charge is 2.09. The van der Waals surface area contributed by atoms with Gasteiger partial charge in [0, 0.05) is 17.8 Å². The minimum Gasteiger partial charge on any atom is -0.385 e. The molecule has 0 aliphatic rings. The van der Waals surface area contributed by atoms with E-state index in [4.69, 9.17) is 28.9 Å². The third-order valence-electron chi connectivity index (χ3n) is 2.25. The number of hydrogen-bond donors (Lipinski definition) is 2. The molecule has 0 atom stereocenters. The molecule has 3 N–H and O–H groups in total. The Balaban J connectivity index is 2.35. The molecule has 0 unspecified atom stereocenters. The van der Waals surface area contributed by atoms with E-state index in [1.165, 1.54) is 0 Å². The molecule has 90 valence electrons. The summed E-state index contributed by atoms with van der Waals surface area (Å²) in [4.78, 5) is 0. The minimum atomic E-state index is -0.0979. The predicted octanol–water partition coefficient (Wildman–Crippen LogP) is 3.92. The Bertz CT molecular complexity index is 345. The molecule has 0 bridgehead atoms. The highest BCUT2D eigenvalue weighted by Crippen LogP contribution is 2.25. The summed E-state index contributed by atoms with van der Waals surface area (Å²) in [6.45, 7) is 4.96. The molecule has 1 rings (SSSR count). The molecular formula is C12H18Cl2N2. The fourth-order valence-electron chi connectivity index (χ4n) is 1.38. The molecule has 1 aromatic rings. The fraction of sp³-hybridized carbons (Fsp3) is 0.500. The summed E-state index contributed by atoms with van der Waals surface area (Å²) in [5, 5.41) is 4.44. The molecule has 2 nitrogen and oxygen atoms in total. The molecule has 4 heteroatoms. The van der Waals surface area contributed by atoms with Crippen molar-refractivity contribution in [1.82, 2.24) is 0 Å². The van der Waals surface area contributed by atoms with Crippen LogP contribution >= 0.6 is 23.2 Å². The third kappa shape index (κ3) is 5.06. The summed E-state index contributed by atoms with van der Waals surface area (Å²) in [7, 11) is 0. The number of hydrogen-bond acceptors (Lipinski definition) is 2. The monoisotopic (exact) mass is 260 g/mol. The zero-order valence-corrected chi connectivity index (χ0v) is 11.2. The van der Waals surface area contributed by atoms with Crippen molar-refractivity contribution in [1.29, 1.82) is 0 Å². The van der Waals surface area contributed by atoms with Gasteiger partial charge in [-0.3, -0.25) is 0 Å². The van der Waals surface area contributed by atoms with Crippen LogP contribution in [0.1, 0.15) is 26.7 Å². The van der Waals surface area contributed by atoms with Crippen molar-refractivity contribution in [3.8, 4) is 0 Å². The fourth-order valence-corrected chi connectivity index (χ4v) is 1.68. The van der Waals surface area contributed by atoms with Gasteiger partial charge in [0.1, 0.15) is 0 Å². The van der Waals surface area contributed by atoms with Crippen molar-refractivity contribution in [3.05, 3.63) is 28.2 Å². The number of rotatable bonds is 5. The summed E-state index contributed by atoms with van der Waals surface area (Å²) in [6.07, 6.45) is 2.02. The Hall–Kier alpha value is -0.440. The lowest BCUT2D eigenvalue weighted by molar-refractivity contribution is 0.465. The van der Waals surface area contributed by atoms with Crippen LogP contribution < -0.4 is 11.1 Å². The zero-order chi connectivity index (χ0) is 12.2.